The van der Waals surface area contributed by atoms with Crippen LogP contribution in [0.1, 0.15) is 40.5 Å². The Kier molecular flexibility index (Phi) is 11.5. The van der Waals surface area contributed by atoms with Crippen LogP contribution in [0.5, 0.6) is 0 Å². The van der Waals surface area contributed by atoms with Gasteiger partial charge in [-0.05, 0) is 46.5 Å². The summed E-state index contributed by atoms with van der Waals surface area (Å²) in [5, 5.41) is 9.02. The standard InChI is InChI=1S/C16H32N4O4S.HI/c1-5-17-14(20-11-13-7-10-25(22,23)12-13)18-8-6-9-19-15(21)24-16(2,3)4;/h13H,5-12H2,1-4H3,(H,19,21)(H2,17,18,20);1H. The number of nitrogens with zero attached hydrogens (tertiary/aromatic N) is 1. The molecular weight excluding hydrogens is 471 g/mol. The second-order valence-corrected chi connectivity index (χ2v) is 9.43. The minimum atomic E-state index is -2.86. The SMILES string of the molecule is CCNC(=NCC1CCS(=O)(=O)C1)NCCCNC(=O)OC(C)(C)C.I. The minimum Gasteiger partial charge on any atom is -0.444 e. The highest BCUT2D eigenvalue weighted by Gasteiger charge is 2.27. The topological polar surface area (TPSA) is 109 Å². The molecule has 0 aromatic heterocycles. The van der Waals surface area contributed by atoms with E-state index in [1.54, 1.807) is 0 Å². The van der Waals surface area contributed by atoms with Crippen molar-refractivity contribution in [2.24, 2.45) is 10.9 Å². The van der Waals surface area contributed by atoms with Crippen LogP contribution in [0, 0.1) is 5.92 Å². The zero-order valence-electron chi connectivity index (χ0n) is 16.1. The van der Waals surface area contributed by atoms with E-state index in [1.807, 2.05) is 27.7 Å². The summed E-state index contributed by atoms with van der Waals surface area (Å²) in [5.41, 5.74) is -0.499. The molecule has 1 rings (SSSR count). The lowest BCUT2D eigenvalue weighted by molar-refractivity contribution is 0.0527. The quantitative estimate of drug-likeness (QED) is 0.210. The second kappa shape index (κ2) is 11.8. The summed E-state index contributed by atoms with van der Waals surface area (Å²) < 4.78 is 28.1. The first-order chi connectivity index (χ1) is 11.6. The number of hydrogen-bond donors (Lipinski definition) is 3. The maximum atomic E-state index is 11.5. The third-order valence-corrected chi connectivity index (χ3v) is 5.33. The van der Waals surface area contributed by atoms with Crippen LogP contribution < -0.4 is 16.0 Å². The summed E-state index contributed by atoms with van der Waals surface area (Å²) in [6, 6.07) is 0. The number of rotatable bonds is 7. The minimum absolute atomic E-state index is 0. The Morgan fingerprint density at radius 2 is 1.85 bits per heavy atom. The molecule has 26 heavy (non-hydrogen) atoms. The van der Waals surface area contributed by atoms with E-state index in [1.165, 1.54) is 0 Å². The number of carbonyl (C=O) groups excluding carboxylic acids is 1. The zero-order chi connectivity index (χ0) is 18.9. The molecule has 0 saturated carbocycles. The number of halogens is 1. The van der Waals surface area contributed by atoms with Gasteiger partial charge < -0.3 is 20.7 Å². The first-order valence-corrected chi connectivity index (χ1v) is 10.6. The largest absolute Gasteiger partial charge is 0.444 e. The number of nitrogens with one attached hydrogen (secondary N) is 3. The summed E-state index contributed by atoms with van der Waals surface area (Å²) in [6.07, 6.45) is 0.988. The smallest absolute Gasteiger partial charge is 0.407 e. The lowest BCUT2D eigenvalue weighted by atomic mass is 10.1. The Morgan fingerprint density at radius 1 is 1.19 bits per heavy atom. The molecule has 1 amide bonds. The van der Waals surface area contributed by atoms with Crippen molar-refractivity contribution in [3.05, 3.63) is 0 Å². The fourth-order valence-corrected chi connectivity index (χ4v) is 4.23. The Balaban J connectivity index is 0.00000625. The second-order valence-electron chi connectivity index (χ2n) is 7.20. The van der Waals surface area contributed by atoms with Gasteiger partial charge in [-0.15, -0.1) is 24.0 Å². The maximum Gasteiger partial charge on any atom is 0.407 e. The first kappa shape index (κ1) is 25.2. The highest BCUT2D eigenvalue weighted by Crippen LogP contribution is 2.18. The number of ether oxygens (including phenoxy) is 1. The normalized spacial score (nSPS) is 19.4. The molecule has 0 aromatic carbocycles. The Bertz CT molecular complexity index is 561. The highest BCUT2D eigenvalue weighted by molar-refractivity contribution is 14.0. The summed E-state index contributed by atoms with van der Waals surface area (Å²) in [4.78, 5) is 16.0. The van der Waals surface area contributed by atoms with E-state index in [2.05, 4.69) is 20.9 Å². The van der Waals surface area contributed by atoms with Crippen LogP contribution in [0.2, 0.25) is 0 Å². The maximum absolute atomic E-state index is 11.5. The molecule has 154 valence electrons. The van der Waals surface area contributed by atoms with Gasteiger partial charge in [0.1, 0.15) is 5.60 Å². The molecule has 10 heteroatoms. The summed E-state index contributed by atoms with van der Waals surface area (Å²) >= 11 is 0. The Morgan fingerprint density at radius 3 is 2.38 bits per heavy atom. The molecular formula is C16H33IN4O4S. The number of carbonyl (C=O) groups is 1. The van der Waals surface area contributed by atoms with E-state index in [0.29, 0.717) is 32.0 Å². The molecule has 1 saturated heterocycles. The molecule has 0 bridgehead atoms. The lowest BCUT2D eigenvalue weighted by Gasteiger charge is -2.19. The van der Waals surface area contributed by atoms with Crippen LogP contribution in [0.25, 0.3) is 0 Å². The molecule has 0 aromatic rings. The monoisotopic (exact) mass is 504 g/mol. The fraction of sp³-hybridized carbons (Fsp3) is 0.875. The van der Waals surface area contributed by atoms with Gasteiger partial charge in [0.2, 0.25) is 0 Å². The van der Waals surface area contributed by atoms with Crippen molar-refractivity contribution in [3.63, 3.8) is 0 Å². The van der Waals surface area contributed by atoms with Crippen LogP contribution in [-0.4, -0.2) is 63.8 Å². The van der Waals surface area contributed by atoms with Gasteiger partial charge in [0.05, 0.1) is 11.5 Å². The molecule has 8 nitrogen and oxygen atoms in total. The number of hydrogen-bond acceptors (Lipinski definition) is 5. The lowest BCUT2D eigenvalue weighted by Crippen LogP contribution is -2.39. The van der Waals surface area contributed by atoms with Crippen molar-refractivity contribution < 1.29 is 17.9 Å². The van der Waals surface area contributed by atoms with Crippen LogP contribution in [0.3, 0.4) is 0 Å². The van der Waals surface area contributed by atoms with E-state index in [9.17, 15) is 13.2 Å². The zero-order valence-corrected chi connectivity index (χ0v) is 19.3. The highest BCUT2D eigenvalue weighted by atomic mass is 127. The van der Waals surface area contributed by atoms with Gasteiger partial charge in [-0.1, -0.05) is 0 Å². The predicted molar refractivity (Wildman–Crippen MR) is 115 cm³/mol. The number of sulfone groups is 1. The van der Waals surface area contributed by atoms with Gasteiger partial charge in [-0.3, -0.25) is 4.99 Å². The molecule has 0 aliphatic carbocycles. The van der Waals surface area contributed by atoms with Crippen molar-refractivity contribution >= 4 is 45.9 Å². The first-order valence-electron chi connectivity index (χ1n) is 8.81. The van der Waals surface area contributed by atoms with Crippen LogP contribution in [0.4, 0.5) is 4.79 Å². The van der Waals surface area contributed by atoms with Gasteiger partial charge in [0.25, 0.3) is 0 Å². The molecule has 1 fully saturated rings. The third kappa shape index (κ3) is 11.8. The number of alkyl carbamates (subject to hydrolysis) is 1. The van der Waals surface area contributed by atoms with Gasteiger partial charge in [-0.2, -0.15) is 0 Å². The van der Waals surface area contributed by atoms with E-state index in [0.717, 1.165) is 13.0 Å². The molecule has 0 radical (unpaired) electrons. The van der Waals surface area contributed by atoms with Crippen LogP contribution in [-0.2, 0) is 14.6 Å². The van der Waals surface area contributed by atoms with Gasteiger partial charge in [0, 0.05) is 26.2 Å². The molecule has 3 N–H and O–H groups in total. The molecule has 1 aliphatic rings. The van der Waals surface area contributed by atoms with Gasteiger partial charge in [0.15, 0.2) is 15.8 Å². The van der Waals surface area contributed by atoms with E-state index in [-0.39, 0.29) is 41.4 Å². The molecule has 1 aliphatic heterocycles. The Labute approximate surface area is 174 Å². The average Bonchev–Trinajstić information content (AvgIpc) is 2.81. The molecule has 1 heterocycles. The molecule has 1 atom stereocenters. The van der Waals surface area contributed by atoms with E-state index in [4.69, 9.17) is 4.74 Å². The molecule has 1 unspecified atom stereocenters. The number of amides is 1. The predicted octanol–water partition coefficient (Wildman–Crippen LogP) is 1.51. The van der Waals surface area contributed by atoms with Gasteiger partial charge in [-0.25, -0.2) is 13.2 Å². The summed E-state index contributed by atoms with van der Waals surface area (Å²) in [5.74, 6) is 1.28. The fourth-order valence-electron chi connectivity index (χ4n) is 2.38. The number of aliphatic imine (C=N–C) groups is 1. The molecule has 0 spiro atoms. The summed E-state index contributed by atoms with van der Waals surface area (Å²) in [6.45, 7) is 9.82. The van der Waals surface area contributed by atoms with Gasteiger partial charge >= 0.3 is 6.09 Å². The van der Waals surface area contributed by atoms with Crippen molar-refractivity contribution in [2.75, 3.05) is 37.7 Å². The Hall–Kier alpha value is -0.780. The van der Waals surface area contributed by atoms with Crippen molar-refractivity contribution in [1.82, 2.24) is 16.0 Å². The van der Waals surface area contributed by atoms with Crippen molar-refractivity contribution in [3.8, 4) is 0 Å². The summed E-state index contributed by atoms with van der Waals surface area (Å²) in [7, 11) is -2.86. The van der Waals surface area contributed by atoms with Crippen molar-refractivity contribution in [2.45, 2.75) is 46.1 Å². The van der Waals surface area contributed by atoms with E-state index < -0.39 is 21.5 Å². The van der Waals surface area contributed by atoms with Crippen molar-refractivity contribution in [1.29, 1.82) is 0 Å². The van der Waals surface area contributed by atoms with E-state index >= 15 is 0 Å². The third-order valence-electron chi connectivity index (χ3n) is 3.49. The number of guanidine groups is 1. The average molecular weight is 504 g/mol. The van der Waals surface area contributed by atoms with Crippen LogP contribution in [0.15, 0.2) is 4.99 Å². The van der Waals surface area contributed by atoms with Crippen LogP contribution >= 0.6 is 24.0 Å².